The van der Waals surface area contributed by atoms with Gasteiger partial charge in [0, 0.05) is 12.1 Å². The van der Waals surface area contributed by atoms with E-state index in [1.54, 1.807) is 0 Å². The van der Waals surface area contributed by atoms with Crippen molar-refractivity contribution in [1.82, 2.24) is 5.32 Å². The van der Waals surface area contributed by atoms with E-state index >= 15 is 0 Å². The van der Waals surface area contributed by atoms with Crippen molar-refractivity contribution in [1.29, 1.82) is 0 Å². The molecule has 1 unspecified atom stereocenters. The van der Waals surface area contributed by atoms with Gasteiger partial charge >= 0.3 is 0 Å². The van der Waals surface area contributed by atoms with Crippen LogP contribution >= 0.6 is 11.6 Å². The Morgan fingerprint density at radius 1 is 1.22 bits per heavy atom. The molecule has 0 aliphatic carbocycles. The summed E-state index contributed by atoms with van der Waals surface area (Å²) in [5.41, 5.74) is 2.91. The molecule has 1 atom stereocenters. The van der Waals surface area contributed by atoms with Gasteiger partial charge in [0.2, 0.25) is 0 Å². The van der Waals surface area contributed by atoms with Gasteiger partial charge in [0.15, 0.2) is 0 Å². The molecule has 1 N–H and O–H groups in total. The van der Waals surface area contributed by atoms with Gasteiger partial charge in [-0.25, -0.2) is 0 Å². The molecule has 2 nitrogen and oxygen atoms in total. The molecule has 100 valence electrons. The van der Waals surface area contributed by atoms with Crippen LogP contribution in [0.4, 0.5) is 0 Å². The summed E-state index contributed by atoms with van der Waals surface area (Å²) in [6.45, 7) is 8.76. The monoisotopic (exact) mass is 267 g/mol. The maximum absolute atomic E-state index is 12.0. The number of aryl methyl sites for hydroxylation is 2. The Hall–Kier alpha value is -1.02. The summed E-state index contributed by atoms with van der Waals surface area (Å²) in [6.07, 6.45) is 0.911. The molecule has 0 saturated carbocycles. The second kappa shape index (κ2) is 6.79. The number of hydrogen-bond acceptors (Lipinski definition) is 1. The standard InChI is InChI=1S/C15H22ClNO/c1-10(2)5-14(16)9-17-15(18)13-7-11(3)6-12(4)8-13/h6-8,10,14H,5,9H2,1-4H3,(H,17,18). The molecule has 1 aromatic carbocycles. The molecule has 0 radical (unpaired) electrons. The second-order valence-corrected chi connectivity index (χ2v) is 5.93. The van der Waals surface area contributed by atoms with E-state index in [-0.39, 0.29) is 11.3 Å². The van der Waals surface area contributed by atoms with Gasteiger partial charge in [0.25, 0.3) is 5.91 Å². The second-order valence-electron chi connectivity index (χ2n) is 5.31. The number of benzene rings is 1. The third kappa shape index (κ3) is 5.09. The average Bonchev–Trinajstić information content (AvgIpc) is 2.23. The molecule has 0 bridgehead atoms. The summed E-state index contributed by atoms with van der Waals surface area (Å²) in [7, 11) is 0. The molecule has 18 heavy (non-hydrogen) atoms. The van der Waals surface area contributed by atoms with Gasteiger partial charge in [-0.3, -0.25) is 4.79 Å². The fourth-order valence-electron chi connectivity index (χ4n) is 2.01. The minimum absolute atomic E-state index is 0.000133. The van der Waals surface area contributed by atoms with Gasteiger partial charge in [0.1, 0.15) is 0 Å². The highest BCUT2D eigenvalue weighted by Crippen LogP contribution is 2.11. The highest BCUT2D eigenvalue weighted by atomic mass is 35.5. The van der Waals surface area contributed by atoms with Crippen molar-refractivity contribution in [2.75, 3.05) is 6.54 Å². The number of alkyl halides is 1. The van der Waals surface area contributed by atoms with E-state index in [1.165, 1.54) is 0 Å². The largest absolute Gasteiger partial charge is 0.351 e. The zero-order valence-electron chi connectivity index (χ0n) is 11.6. The molecule has 0 spiro atoms. The van der Waals surface area contributed by atoms with E-state index in [4.69, 9.17) is 11.6 Å². The van der Waals surface area contributed by atoms with Crippen LogP contribution in [-0.4, -0.2) is 17.8 Å². The first-order chi connectivity index (χ1) is 8.38. The highest BCUT2D eigenvalue weighted by molar-refractivity contribution is 6.20. The summed E-state index contributed by atoms with van der Waals surface area (Å²) >= 11 is 6.16. The van der Waals surface area contributed by atoms with Crippen molar-refractivity contribution in [3.05, 3.63) is 34.9 Å². The Kier molecular flexibility index (Phi) is 5.67. The maximum atomic E-state index is 12.0. The van der Waals surface area contributed by atoms with Crippen molar-refractivity contribution in [2.45, 2.75) is 39.5 Å². The minimum atomic E-state index is -0.0452. The number of nitrogens with one attached hydrogen (secondary N) is 1. The van der Waals surface area contributed by atoms with Crippen LogP contribution in [0.1, 0.15) is 41.8 Å². The highest BCUT2D eigenvalue weighted by Gasteiger charge is 2.11. The first kappa shape index (κ1) is 15.0. The average molecular weight is 268 g/mol. The summed E-state index contributed by atoms with van der Waals surface area (Å²) < 4.78 is 0. The lowest BCUT2D eigenvalue weighted by atomic mass is 10.1. The van der Waals surface area contributed by atoms with Crippen molar-refractivity contribution >= 4 is 17.5 Å². The molecule has 1 rings (SSSR count). The van der Waals surface area contributed by atoms with Crippen LogP contribution in [-0.2, 0) is 0 Å². The smallest absolute Gasteiger partial charge is 0.251 e. The third-order valence-corrected chi connectivity index (χ3v) is 3.03. The van der Waals surface area contributed by atoms with Gasteiger partial charge < -0.3 is 5.32 Å². The molecule has 1 amide bonds. The summed E-state index contributed by atoms with van der Waals surface area (Å²) in [6, 6.07) is 5.85. The molecule has 0 aromatic heterocycles. The number of amides is 1. The quantitative estimate of drug-likeness (QED) is 0.810. The zero-order valence-corrected chi connectivity index (χ0v) is 12.3. The van der Waals surface area contributed by atoms with Crippen molar-refractivity contribution in [3.63, 3.8) is 0 Å². The molecule has 0 heterocycles. The SMILES string of the molecule is Cc1cc(C)cc(C(=O)NCC(Cl)CC(C)C)c1. The zero-order chi connectivity index (χ0) is 13.7. The van der Waals surface area contributed by atoms with E-state index in [9.17, 15) is 4.79 Å². The van der Waals surface area contributed by atoms with Crippen LogP contribution in [0.2, 0.25) is 0 Å². The third-order valence-electron chi connectivity index (χ3n) is 2.70. The van der Waals surface area contributed by atoms with E-state index in [0.29, 0.717) is 18.0 Å². The number of halogens is 1. The molecule has 0 aliphatic heterocycles. The first-order valence-corrected chi connectivity index (χ1v) is 6.82. The van der Waals surface area contributed by atoms with Crippen molar-refractivity contribution < 1.29 is 4.79 Å². The normalized spacial score (nSPS) is 12.6. The van der Waals surface area contributed by atoms with E-state index in [2.05, 4.69) is 25.2 Å². The molecule has 0 aliphatic rings. The molecule has 1 aromatic rings. The molecule has 3 heteroatoms. The van der Waals surface area contributed by atoms with Gasteiger partial charge in [-0.2, -0.15) is 0 Å². The topological polar surface area (TPSA) is 29.1 Å². The molecule has 0 fully saturated rings. The van der Waals surface area contributed by atoms with Crippen LogP contribution in [0.3, 0.4) is 0 Å². The van der Waals surface area contributed by atoms with Crippen molar-refractivity contribution in [2.24, 2.45) is 5.92 Å². The van der Waals surface area contributed by atoms with E-state index in [1.807, 2.05) is 26.0 Å². The fourth-order valence-corrected chi connectivity index (χ4v) is 2.44. The van der Waals surface area contributed by atoms with Crippen LogP contribution in [0.15, 0.2) is 18.2 Å². The number of hydrogen-bond donors (Lipinski definition) is 1. The van der Waals surface area contributed by atoms with Crippen LogP contribution in [0.25, 0.3) is 0 Å². The van der Waals surface area contributed by atoms with Crippen LogP contribution in [0, 0.1) is 19.8 Å². The van der Waals surface area contributed by atoms with E-state index < -0.39 is 0 Å². The first-order valence-electron chi connectivity index (χ1n) is 6.39. The van der Waals surface area contributed by atoms with Crippen LogP contribution in [0.5, 0.6) is 0 Å². The lowest BCUT2D eigenvalue weighted by Crippen LogP contribution is -2.30. The predicted octanol–water partition coefficient (Wildman–Crippen LogP) is 3.69. The van der Waals surface area contributed by atoms with Gasteiger partial charge in [-0.05, 0) is 38.3 Å². The Labute approximate surface area is 115 Å². The maximum Gasteiger partial charge on any atom is 0.251 e. The van der Waals surface area contributed by atoms with Gasteiger partial charge in [-0.15, -0.1) is 11.6 Å². The van der Waals surface area contributed by atoms with Gasteiger partial charge in [-0.1, -0.05) is 31.0 Å². The predicted molar refractivity (Wildman–Crippen MR) is 77.3 cm³/mol. The Bertz CT molecular complexity index is 395. The Balaban J connectivity index is 2.55. The molecule has 0 saturated heterocycles. The molecular weight excluding hydrogens is 246 g/mol. The van der Waals surface area contributed by atoms with Crippen molar-refractivity contribution in [3.8, 4) is 0 Å². The van der Waals surface area contributed by atoms with Crippen LogP contribution < -0.4 is 5.32 Å². The summed E-state index contributed by atoms with van der Waals surface area (Å²) in [4.78, 5) is 12.0. The number of rotatable bonds is 5. The molecular formula is C15H22ClNO. The lowest BCUT2D eigenvalue weighted by molar-refractivity contribution is 0.0952. The Morgan fingerprint density at radius 3 is 2.28 bits per heavy atom. The fraction of sp³-hybridized carbons (Fsp3) is 0.533. The summed E-state index contributed by atoms with van der Waals surface area (Å²) in [5.74, 6) is 0.502. The number of carbonyl (C=O) groups excluding carboxylic acids is 1. The summed E-state index contributed by atoms with van der Waals surface area (Å²) in [5, 5.41) is 2.89. The minimum Gasteiger partial charge on any atom is -0.351 e. The number of carbonyl (C=O) groups is 1. The lowest BCUT2D eigenvalue weighted by Gasteiger charge is -2.13. The Morgan fingerprint density at radius 2 is 1.78 bits per heavy atom. The van der Waals surface area contributed by atoms with Gasteiger partial charge in [0.05, 0.1) is 5.38 Å². The van der Waals surface area contributed by atoms with E-state index in [0.717, 1.165) is 17.5 Å².